The van der Waals surface area contributed by atoms with Gasteiger partial charge in [-0.2, -0.15) is 0 Å². The van der Waals surface area contributed by atoms with Crippen molar-refractivity contribution in [2.45, 2.75) is 64.8 Å². The summed E-state index contributed by atoms with van der Waals surface area (Å²) in [6, 6.07) is 40.7. The van der Waals surface area contributed by atoms with Crippen molar-refractivity contribution in [1.29, 1.82) is 0 Å². The lowest BCUT2D eigenvalue weighted by molar-refractivity contribution is -0.127. The second-order valence-corrected chi connectivity index (χ2v) is 16.4. The van der Waals surface area contributed by atoms with E-state index in [-0.39, 0.29) is 40.9 Å². The van der Waals surface area contributed by atoms with Gasteiger partial charge < -0.3 is 15.4 Å². The van der Waals surface area contributed by atoms with Crippen LogP contribution in [0.5, 0.6) is 0 Å². The van der Waals surface area contributed by atoms with Crippen molar-refractivity contribution in [3.8, 4) is 11.1 Å². The highest BCUT2D eigenvalue weighted by Crippen LogP contribution is 2.44. The minimum atomic E-state index is -0.896. The molecular formula is C50H48ClN2O5. The predicted molar refractivity (Wildman–Crippen MR) is 229 cm³/mol. The molecule has 58 heavy (non-hydrogen) atoms. The molecule has 0 aliphatic heterocycles. The van der Waals surface area contributed by atoms with Crippen molar-refractivity contribution in [3.63, 3.8) is 0 Å². The van der Waals surface area contributed by atoms with Crippen LogP contribution in [-0.4, -0.2) is 42.6 Å². The molecule has 1 fully saturated rings. The van der Waals surface area contributed by atoms with E-state index in [2.05, 4.69) is 34.9 Å². The number of carbonyl (C=O) groups is 4. The molecule has 295 valence electrons. The third-order valence-electron chi connectivity index (χ3n) is 11.1. The average molecular weight is 792 g/mol. The third kappa shape index (κ3) is 9.00. The molecule has 0 unspecified atom stereocenters. The van der Waals surface area contributed by atoms with Crippen LogP contribution in [0.25, 0.3) is 11.1 Å². The van der Waals surface area contributed by atoms with Crippen LogP contribution in [0, 0.1) is 11.3 Å². The summed E-state index contributed by atoms with van der Waals surface area (Å²) in [6.45, 7) is 6.24. The summed E-state index contributed by atoms with van der Waals surface area (Å²) < 4.78 is 5.88. The van der Waals surface area contributed by atoms with Crippen molar-refractivity contribution >= 4 is 35.0 Å². The van der Waals surface area contributed by atoms with Crippen LogP contribution < -0.4 is 10.6 Å². The van der Waals surface area contributed by atoms with Gasteiger partial charge in [0.05, 0.1) is 17.5 Å². The molecule has 5 aromatic rings. The zero-order valence-electron chi connectivity index (χ0n) is 33.1. The molecule has 0 spiro atoms. The van der Waals surface area contributed by atoms with Crippen LogP contribution in [0.4, 0.5) is 4.79 Å². The molecular weight excluding hydrogens is 744 g/mol. The monoisotopic (exact) mass is 791 g/mol. The first-order valence-electron chi connectivity index (χ1n) is 20.0. The van der Waals surface area contributed by atoms with E-state index in [0.717, 1.165) is 44.9 Å². The smallest absolute Gasteiger partial charge is 0.407 e. The number of nitrogens with one attached hydrogen (secondary N) is 2. The molecule has 0 heterocycles. The van der Waals surface area contributed by atoms with Crippen LogP contribution in [0.3, 0.4) is 0 Å². The number of Topliss-reactive ketones (excluding diaryl/α,β-unsaturated/α-hetero) is 3. The fraction of sp³-hybridized carbons (Fsp3) is 0.260. The highest BCUT2D eigenvalue weighted by Gasteiger charge is 2.37. The van der Waals surface area contributed by atoms with Gasteiger partial charge >= 0.3 is 6.09 Å². The van der Waals surface area contributed by atoms with E-state index in [1.54, 1.807) is 19.1 Å². The van der Waals surface area contributed by atoms with Gasteiger partial charge in [-0.25, -0.2) is 4.79 Å². The first-order chi connectivity index (χ1) is 28.0. The van der Waals surface area contributed by atoms with Crippen molar-refractivity contribution in [1.82, 2.24) is 10.6 Å². The van der Waals surface area contributed by atoms with Gasteiger partial charge in [0.25, 0.3) is 0 Å². The van der Waals surface area contributed by atoms with E-state index in [1.807, 2.05) is 105 Å². The van der Waals surface area contributed by atoms with Gasteiger partial charge in [-0.05, 0) is 76.6 Å². The summed E-state index contributed by atoms with van der Waals surface area (Å²) in [5, 5.41) is 6.56. The van der Waals surface area contributed by atoms with Crippen LogP contribution in [-0.2, 0) is 14.3 Å². The number of ketones is 3. The molecule has 1 saturated carbocycles. The van der Waals surface area contributed by atoms with Gasteiger partial charge in [-0.1, -0.05) is 147 Å². The first kappa shape index (κ1) is 40.4. The number of unbranched alkanes of at least 4 members (excludes halogenated alkanes) is 1. The number of benzene rings is 5. The van der Waals surface area contributed by atoms with Crippen molar-refractivity contribution in [3.05, 3.63) is 183 Å². The number of rotatable bonds is 14. The molecule has 0 aromatic heterocycles. The van der Waals surface area contributed by atoms with E-state index in [4.69, 9.17) is 16.3 Å². The van der Waals surface area contributed by atoms with Crippen molar-refractivity contribution < 1.29 is 23.9 Å². The molecule has 1 atom stereocenters. The fourth-order valence-corrected chi connectivity index (χ4v) is 8.61. The Kier molecular flexibility index (Phi) is 12.4. The highest BCUT2D eigenvalue weighted by molar-refractivity contribution is 6.32. The molecule has 2 N–H and O–H groups in total. The zero-order valence-corrected chi connectivity index (χ0v) is 33.9. The van der Waals surface area contributed by atoms with Crippen molar-refractivity contribution in [2.75, 3.05) is 13.2 Å². The molecule has 2 aliphatic rings. The number of ether oxygens (including phenoxy) is 1. The van der Waals surface area contributed by atoms with Crippen LogP contribution >= 0.6 is 11.6 Å². The quantitative estimate of drug-likeness (QED) is 0.0382. The minimum absolute atomic E-state index is 0.116. The maximum absolute atomic E-state index is 14.3. The number of fused-ring (bicyclic) bond motifs is 3. The van der Waals surface area contributed by atoms with Gasteiger partial charge in [-0.3, -0.25) is 14.4 Å². The number of allylic oxidation sites excluding steroid dienone is 2. The number of hydrogen-bond acceptors (Lipinski definition) is 6. The van der Waals surface area contributed by atoms with E-state index in [0.29, 0.717) is 54.9 Å². The summed E-state index contributed by atoms with van der Waals surface area (Å²) in [5.41, 5.74) is 8.07. The second kappa shape index (κ2) is 17.8. The summed E-state index contributed by atoms with van der Waals surface area (Å²) in [6.07, 6.45) is 1.51. The van der Waals surface area contributed by atoms with E-state index in [9.17, 15) is 19.2 Å². The maximum Gasteiger partial charge on any atom is 0.407 e. The lowest BCUT2D eigenvalue weighted by Gasteiger charge is -2.29. The van der Waals surface area contributed by atoms with E-state index >= 15 is 0 Å². The molecule has 1 radical (unpaired) electrons. The lowest BCUT2D eigenvalue weighted by Crippen LogP contribution is -2.41. The summed E-state index contributed by atoms with van der Waals surface area (Å²) in [7, 11) is 0. The molecule has 2 aliphatic carbocycles. The zero-order chi connectivity index (χ0) is 40.8. The standard InChI is InChI=1S/C50H48ClN2O5/c1-32(46-44(54)29-50(2,3)30-45(46)55)52-27-15-14-24-43(53-49(57)58-31-41-38-22-12-10-20-36(38)37-21-11-13-23-39(37)41)48(56)35-25-26-40(42(51)28-35)47(33-16-6-4-7-17-33)34-18-8-5-9-19-34/h4-13,16-23,25-26,28,41,43,52H,14-15,24,27,29-31H2,1-3H3,(H,53,57)/t43-/m0/s1. The number of amides is 1. The van der Waals surface area contributed by atoms with Gasteiger partial charge in [0, 0.05) is 41.6 Å². The van der Waals surface area contributed by atoms with Gasteiger partial charge in [0.1, 0.15) is 6.61 Å². The molecule has 0 saturated heterocycles. The molecule has 1 amide bonds. The SMILES string of the molecule is CC(NCCCC[C@H](NC(=O)OCC1c2ccccc2-c2ccccc21)C(=O)c1ccc([C](c2ccccc2)c2ccccc2)c(Cl)c1)=C1C(=O)CC(C)(C)CC1=O. The number of halogens is 1. The molecule has 8 heteroatoms. The number of alkyl carbamates (subject to hydrolysis) is 1. The van der Waals surface area contributed by atoms with Gasteiger partial charge in [0.15, 0.2) is 17.3 Å². The summed E-state index contributed by atoms with van der Waals surface area (Å²) in [5.74, 6) is 0.264. The Labute approximate surface area is 345 Å². The van der Waals surface area contributed by atoms with Crippen LogP contribution in [0.2, 0.25) is 5.02 Å². The summed E-state index contributed by atoms with van der Waals surface area (Å²) in [4.78, 5) is 53.5. The van der Waals surface area contributed by atoms with Crippen LogP contribution in [0.1, 0.15) is 97.0 Å². The maximum atomic E-state index is 14.3. The Morgan fingerprint density at radius 1 is 0.741 bits per heavy atom. The topological polar surface area (TPSA) is 102 Å². The average Bonchev–Trinajstić information content (AvgIpc) is 3.53. The Morgan fingerprint density at radius 2 is 1.29 bits per heavy atom. The van der Waals surface area contributed by atoms with E-state index in [1.165, 1.54) is 0 Å². The Hall–Kier alpha value is -5.79. The fourth-order valence-electron chi connectivity index (χ4n) is 8.33. The van der Waals surface area contributed by atoms with Crippen LogP contribution in [0.15, 0.2) is 139 Å². The third-order valence-corrected chi connectivity index (χ3v) is 11.4. The highest BCUT2D eigenvalue weighted by atomic mass is 35.5. The largest absolute Gasteiger partial charge is 0.449 e. The van der Waals surface area contributed by atoms with E-state index < -0.39 is 12.1 Å². The molecule has 7 rings (SSSR count). The van der Waals surface area contributed by atoms with Crippen molar-refractivity contribution in [2.24, 2.45) is 5.41 Å². The second-order valence-electron chi connectivity index (χ2n) is 16.0. The Bertz CT molecular complexity index is 2250. The number of hydrogen-bond donors (Lipinski definition) is 2. The Morgan fingerprint density at radius 3 is 1.86 bits per heavy atom. The summed E-state index contributed by atoms with van der Waals surface area (Å²) >= 11 is 7.01. The predicted octanol–water partition coefficient (Wildman–Crippen LogP) is 10.4. The lowest BCUT2D eigenvalue weighted by atomic mass is 9.73. The Balaban J connectivity index is 1.07. The first-order valence-corrected chi connectivity index (χ1v) is 20.3. The minimum Gasteiger partial charge on any atom is -0.449 e. The van der Waals surface area contributed by atoms with Gasteiger partial charge in [0.2, 0.25) is 0 Å². The normalized spacial score (nSPS) is 15.1. The van der Waals surface area contributed by atoms with Gasteiger partial charge in [-0.15, -0.1) is 0 Å². The molecule has 5 aromatic carbocycles. The number of carbonyl (C=O) groups excluding carboxylic acids is 4. The molecule has 0 bridgehead atoms. The molecule has 7 nitrogen and oxygen atoms in total.